The summed E-state index contributed by atoms with van der Waals surface area (Å²) in [5.74, 6) is 0.259. The van der Waals surface area contributed by atoms with Gasteiger partial charge in [-0.15, -0.1) is 11.3 Å². The monoisotopic (exact) mass is 434 g/mol. The van der Waals surface area contributed by atoms with Gasteiger partial charge in [0.2, 0.25) is 0 Å². The van der Waals surface area contributed by atoms with Crippen LogP contribution in [0.5, 0.6) is 0 Å². The number of fused-ring (bicyclic) bond motifs is 1. The van der Waals surface area contributed by atoms with Crippen LogP contribution in [0.4, 0.5) is 20.7 Å². The summed E-state index contributed by atoms with van der Waals surface area (Å²) < 4.78 is 15.0. The molecule has 0 fully saturated rings. The van der Waals surface area contributed by atoms with E-state index in [2.05, 4.69) is 30.9 Å². The summed E-state index contributed by atoms with van der Waals surface area (Å²) in [5, 5.41) is 9.64. The number of nitrogens with zero attached hydrogens (tertiary/aromatic N) is 2. The van der Waals surface area contributed by atoms with E-state index in [1.54, 1.807) is 47.5 Å². The molecule has 1 aliphatic rings. The Bertz CT molecular complexity index is 1290. The zero-order chi connectivity index (χ0) is 21.4. The number of carbonyl (C=O) groups excluding carboxylic acids is 2. The van der Waals surface area contributed by atoms with Crippen molar-refractivity contribution in [3.05, 3.63) is 70.6 Å². The molecule has 10 heteroatoms. The summed E-state index contributed by atoms with van der Waals surface area (Å²) in [6.07, 6.45) is 3.29. The lowest BCUT2D eigenvalue weighted by molar-refractivity contribution is 0.0966. The normalized spacial score (nSPS) is 12.4. The molecule has 0 saturated carbocycles. The molecule has 0 spiro atoms. The van der Waals surface area contributed by atoms with Crippen molar-refractivity contribution >= 4 is 34.8 Å². The minimum Gasteiger partial charge on any atom is -0.348 e. The molecule has 0 bridgehead atoms. The van der Waals surface area contributed by atoms with Crippen molar-refractivity contribution in [3.63, 3.8) is 0 Å². The molecule has 0 saturated heterocycles. The Kier molecular flexibility index (Phi) is 4.68. The molecule has 8 nitrogen and oxygen atoms in total. The van der Waals surface area contributed by atoms with E-state index in [1.807, 2.05) is 0 Å². The predicted octanol–water partition coefficient (Wildman–Crippen LogP) is 4.23. The molecule has 0 radical (unpaired) electrons. The van der Waals surface area contributed by atoms with Gasteiger partial charge in [-0.2, -0.15) is 0 Å². The number of hydrogen-bond acceptors (Lipinski definition) is 5. The first kappa shape index (κ1) is 18.9. The maximum Gasteiger partial charge on any atom is 0.324 e. The van der Waals surface area contributed by atoms with Gasteiger partial charge in [-0.05, 0) is 35.4 Å². The van der Waals surface area contributed by atoms with E-state index >= 15 is 0 Å². The smallest absolute Gasteiger partial charge is 0.324 e. The van der Waals surface area contributed by atoms with Gasteiger partial charge in [-0.3, -0.25) is 10.1 Å². The van der Waals surface area contributed by atoms with Gasteiger partial charge >= 0.3 is 6.03 Å². The molecular formula is C21H15FN6O2S. The Morgan fingerprint density at radius 3 is 2.68 bits per heavy atom. The predicted molar refractivity (Wildman–Crippen MR) is 115 cm³/mol. The molecule has 4 N–H and O–H groups in total. The highest BCUT2D eigenvalue weighted by Gasteiger charge is 2.28. The van der Waals surface area contributed by atoms with Crippen LogP contribution in [0.15, 0.2) is 53.6 Å². The van der Waals surface area contributed by atoms with Gasteiger partial charge in [0.1, 0.15) is 17.5 Å². The number of benzene rings is 2. The van der Waals surface area contributed by atoms with Crippen LogP contribution in [0, 0.1) is 5.82 Å². The summed E-state index contributed by atoms with van der Waals surface area (Å²) in [6.45, 7) is 0.299. The van der Waals surface area contributed by atoms with Gasteiger partial charge < -0.3 is 15.6 Å². The lowest BCUT2D eigenvalue weighted by Crippen LogP contribution is -2.19. The maximum absolute atomic E-state index is 15.0. The highest BCUT2D eigenvalue weighted by molar-refractivity contribution is 7.07. The zero-order valence-electron chi connectivity index (χ0n) is 15.9. The lowest BCUT2D eigenvalue weighted by Gasteiger charge is -2.13. The van der Waals surface area contributed by atoms with Crippen LogP contribution in [0.2, 0.25) is 0 Å². The third-order valence-corrected chi connectivity index (χ3v) is 5.50. The molecule has 0 atom stereocenters. The fourth-order valence-corrected chi connectivity index (χ4v) is 4.06. The molecule has 31 heavy (non-hydrogen) atoms. The Labute approximate surface area is 179 Å². The number of aromatic nitrogens is 3. The molecule has 2 aromatic carbocycles. The molecule has 154 valence electrons. The number of carbonyl (C=O) groups is 2. The van der Waals surface area contributed by atoms with Crippen molar-refractivity contribution in [1.82, 2.24) is 20.3 Å². The third kappa shape index (κ3) is 3.53. The van der Waals surface area contributed by atoms with Crippen molar-refractivity contribution in [1.29, 1.82) is 0 Å². The summed E-state index contributed by atoms with van der Waals surface area (Å²) in [6, 6.07) is 7.45. The fourth-order valence-electron chi connectivity index (χ4n) is 3.57. The van der Waals surface area contributed by atoms with E-state index in [0.29, 0.717) is 51.7 Å². The number of halogens is 1. The number of imidazole rings is 1. The molecule has 3 heterocycles. The first-order valence-corrected chi connectivity index (χ1v) is 10.2. The molecule has 1 aliphatic heterocycles. The number of hydrogen-bond donors (Lipinski definition) is 4. The quantitative estimate of drug-likeness (QED) is 0.385. The Balaban J connectivity index is 1.46. The van der Waals surface area contributed by atoms with Gasteiger partial charge in [0.05, 0.1) is 11.1 Å². The first-order chi connectivity index (χ1) is 15.1. The third-order valence-electron chi connectivity index (χ3n) is 4.91. The Morgan fingerprint density at radius 2 is 1.94 bits per heavy atom. The van der Waals surface area contributed by atoms with Crippen LogP contribution in [-0.4, -0.2) is 26.9 Å². The van der Waals surface area contributed by atoms with Crippen LogP contribution >= 0.6 is 11.3 Å². The number of amides is 3. The highest BCUT2D eigenvalue weighted by Crippen LogP contribution is 2.36. The lowest BCUT2D eigenvalue weighted by atomic mass is 9.92. The average molecular weight is 434 g/mol. The average Bonchev–Trinajstić information content (AvgIpc) is 3.51. The Hall–Kier alpha value is -4.05. The molecule has 5 rings (SSSR count). The molecule has 0 unspecified atom stereocenters. The SMILES string of the molecule is O=C(Nc1ccc(-c2ccc(-c3ncc[nH]3)c3c2CNC3=O)c(F)c1)Nc1cscn1. The van der Waals surface area contributed by atoms with Crippen molar-refractivity contribution < 1.29 is 14.0 Å². The number of H-pyrrole nitrogens is 1. The molecule has 4 aromatic rings. The van der Waals surface area contributed by atoms with Gasteiger partial charge in [-0.25, -0.2) is 19.2 Å². The Morgan fingerprint density at radius 1 is 1.10 bits per heavy atom. The van der Waals surface area contributed by atoms with Crippen molar-refractivity contribution in [2.45, 2.75) is 6.54 Å². The van der Waals surface area contributed by atoms with Gasteiger partial charge in [0.25, 0.3) is 5.91 Å². The molecule has 3 amide bonds. The summed E-state index contributed by atoms with van der Waals surface area (Å²) in [7, 11) is 0. The van der Waals surface area contributed by atoms with Crippen molar-refractivity contribution in [3.8, 4) is 22.5 Å². The van der Waals surface area contributed by atoms with Crippen LogP contribution in [0.1, 0.15) is 15.9 Å². The fraction of sp³-hybridized carbons (Fsp3) is 0.0476. The second-order valence-corrected chi connectivity index (χ2v) is 7.50. The van der Waals surface area contributed by atoms with Gasteiger partial charge in [-0.1, -0.05) is 6.07 Å². The molecular weight excluding hydrogens is 419 g/mol. The zero-order valence-corrected chi connectivity index (χ0v) is 16.7. The van der Waals surface area contributed by atoms with Crippen molar-refractivity contribution in [2.24, 2.45) is 0 Å². The number of rotatable bonds is 4. The minimum absolute atomic E-state index is 0.222. The standard InChI is InChI=1S/C21H15FN6O2S/c22-16-7-11(27-21(30)28-17-9-31-10-26-17)1-2-13(16)12-3-4-14(19-23-5-6-24-19)18-15(12)8-25-20(18)29/h1-7,9-10H,8H2,(H,23,24)(H,25,29)(H2,27,28,30). The van der Waals surface area contributed by atoms with Gasteiger partial charge in [0.15, 0.2) is 0 Å². The first-order valence-electron chi connectivity index (χ1n) is 9.30. The van der Waals surface area contributed by atoms with E-state index in [4.69, 9.17) is 0 Å². The minimum atomic E-state index is -0.517. The van der Waals surface area contributed by atoms with E-state index in [1.165, 1.54) is 17.4 Å². The number of aromatic amines is 1. The topological polar surface area (TPSA) is 112 Å². The number of anilines is 2. The van der Waals surface area contributed by atoms with Crippen LogP contribution in [-0.2, 0) is 6.54 Å². The number of urea groups is 1. The summed E-state index contributed by atoms with van der Waals surface area (Å²) in [4.78, 5) is 35.7. The van der Waals surface area contributed by atoms with E-state index in [-0.39, 0.29) is 5.91 Å². The van der Waals surface area contributed by atoms with Crippen molar-refractivity contribution in [2.75, 3.05) is 10.6 Å². The second-order valence-electron chi connectivity index (χ2n) is 6.78. The van der Waals surface area contributed by atoms with Crippen LogP contribution in [0.25, 0.3) is 22.5 Å². The van der Waals surface area contributed by atoms with E-state index in [0.717, 1.165) is 0 Å². The summed E-state index contributed by atoms with van der Waals surface area (Å²) >= 11 is 1.35. The van der Waals surface area contributed by atoms with Gasteiger partial charge in [0, 0.05) is 41.1 Å². The number of thiazole rings is 1. The van der Waals surface area contributed by atoms with E-state index in [9.17, 15) is 14.0 Å². The van der Waals surface area contributed by atoms with Crippen LogP contribution in [0.3, 0.4) is 0 Å². The maximum atomic E-state index is 15.0. The highest BCUT2D eigenvalue weighted by atomic mass is 32.1. The number of nitrogens with one attached hydrogen (secondary N) is 4. The molecule has 2 aromatic heterocycles. The second kappa shape index (κ2) is 7.65. The van der Waals surface area contributed by atoms with Crippen LogP contribution < -0.4 is 16.0 Å². The molecule has 0 aliphatic carbocycles. The van der Waals surface area contributed by atoms with E-state index < -0.39 is 11.8 Å². The summed E-state index contributed by atoms with van der Waals surface area (Å²) in [5.41, 5.74) is 4.70. The largest absolute Gasteiger partial charge is 0.348 e.